The first-order chi connectivity index (χ1) is 40.8. The van der Waals surface area contributed by atoms with E-state index in [1.54, 1.807) is 7.11 Å². The molecule has 6 nitrogen and oxygen atoms in total. The molecule has 2 aliphatic rings. The van der Waals surface area contributed by atoms with Gasteiger partial charge in [0.1, 0.15) is 0 Å². The Hall–Kier alpha value is -0.240. The number of methoxy groups -OCH3 is 1. The molecule has 0 heterocycles. The van der Waals surface area contributed by atoms with Gasteiger partial charge >= 0.3 is 0 Å². The molecular weight excluding hydrogens is 1170 g/mol. The molecule has 0 aromatic rings. The Morgan fingerprint density at radius 3 is 0.719 bits per heavy atom. The SMILES string of the molecule is C.CC(C)(C)C.CC(C)(C)C.CC(C)(C)C1CC1.CC(C)(C)C1CCC1.CC(C)C(C)(C)C.CC(C)CC(C)(C)C.CC(C)CCC(C)(C)C.CC(C)CNC(C)(C)C.CC(C)COC(C)(C)C.CC(C)NC(C)(C)C.CC(C)OC(C)(C)C.CNC(C)(C)C.COC(C)(C)C. The number of ether oxygens (including phenoxy) is 3. The van der Waals surface area contributed by atoms with E-state index in [9.17, 15) is 0 Å². The van der Waals surface area contributed by atoms with Crippen molar-refractivity contribution in [3.05, 3.63) is 0 Å². The Morgan fingerprint density at radius 1 is 0.385 bits per heavy atom. The lowest BCUT2D eigenvalue weighted by Crippen LogP contribution is -2.40. The van der Waals surface area contributed by atoms with Crippen LogP contribution in [0.15, 0.2) is 0 Å². The van der Waals surface area contributed by atoms with Crippen LogP contribution in [0.4, 0.5) is 0 Å². The predicted octanol–water partition coefficient (Wildman–Crippen LogP) is 30.2. The van der Waals surface area contributed by atoms with E-state index in [0.29, 0.717) is 61.5 Å². The van der Waals surface area contributed by atoms with Crippen LogP contribution in [0.1, 0.15) is 440 Å². The van der Waals surface area contributed by atoms with Crippen molar-refractivity contribution in [1.29, 1.82) is 0 Å². The second kappa shape index (κ2) is 57.1. The first-order valence-corrected chi connectivity index (χ1v) is 38.9. The molecule has 0 aromatic heterocycles. The Morgan fingerprint density at radius 2 is 0.688 bits per heavy atom. The molecule has 0 saturated heterocycles. The van der Waals surface area contributed by atoms with Crippen LogP contribution in [0.2, 0.25) is 0 Å². The molecule has 0 bridgehead atoms. The van der Waals surface area contributed by atoms with Gasteiger partial charge in [0.15, 0.2) is 0 Å². The summed E-state index contributed by atoms with van der Waals surface area (Å²) < 4.78 is 15.9. The molecular formula is C90H207N3O3. The number of hydrogen-bond acceptors (Lipinski definition) is 6. The van der Waals surface area contributed by atoms with E-state index in [0.717, 1.165) is 48.7 Å². The standard InChI is InChI=1S/C9H20.C8H19N.C8H18O.C8H16.C8H18.C7H17N.C7H16O.C7H14.C7H16.C5H13N.C5H12O.2C5H12.CH4/c1-8(2)6-7-9(3,4)5;2*1-7(2)6-9-8(3,4)5;1-8(2,3)7-5-4-6-7;1-7(2)6-8(3,4)5;2*1-6(2)8-7(3,4)5;1-7(2,3)6-4-5-6;1-6(2)7(3,4)5;2*1-5(2,3)6-4;2*1-5(2,3)4;/h8H,6-7H2,1-5H3;7,9H,6H2,1-5H3;7H,6H2,1-5H3;7H,4-6H2,1-3H3;7H,6H2,1-5H3;6,8H,1-5H3;6H,1-5H3;6H,4-5H2,1-3H3;6H,1-5H3;6H,1-4H3;1-4H3;2*1-4H3;1H4. The van der Waals surface area contributed by atoms with Gasteiger partial charge in [0.05, 0.1) is 22.9 Å². The van der Waals surface area contributed by atoms with Gasteiger partial charge in [-0.2, -0.15) is 0 Å². The minimum Gasteiger partial charge on any atom is -0.379 e. The third-order valence-corrected chi connectivity index (χ3v) is 12.9. The normalized spacial score (nSPS) is 14.0. The summed E-state index contributed by atoms with van der Waals surface area (Å²) in [7, 11) is 3.67. The Balaban J connectivity index is -0.0000000798. The lowest BCUT2D eigenvalue weighted by Gasteiger charge is -2.37. The second-order valence-corrected chi connectivity index (χ2v) is 45.3. The molecule has 0 radical (unpaired) electrons. The zero-order valence-corrected chi connectivity index (χ0v) is 78.5. The predicted molar refractivity (Wildman–Crippen MR) is 455 cm³/mol. The van der Waals surface area contributed by atoms with Crippen LogP contribution in [-0.4, -0.2) is 72.9 Å². The molecule has 0 amide bonds. The molecule has 0 aromatic carbocycles. The first-order valence-electron chi connectivity index (χ1n) is 38.9. The van der Waals surface area contributed by atoms with Crippen molar-refractivity contribution >= 4 is 0 Å². The first kappa shape index (κ1) is 123. The highest BCUT2D eigenvalue weighted by Crippen LogP contribution is 2.44. The Bertz CT molecular complexity index is 1420. The second-order valence-electron chi connectivity index (χ2n) is 45.3. The molecule has 0 spiro atoms. The van der Waals surface area contributed by atoms with Crippen molar-refractivity contribution in [2.45, 2.75) is 485 Å². The topological polar surface area (TPSA) is 63.8 Å². The van der Waals surface area contributed by atoms with Gasteiger partial charge < -0.3 is 30.2 Å². The van der Waals surface area contributed by atoms with E-state index < -0.39 is 0 Å². The number of hydrogen-bond donors (Lipinski definition) is 3. The average Bonchev–Trinajstić information content (AvgIpc) is 4.07. The van der Waals surface area contributed by atoms with Gasteiger partial charge in [0.2, 0.25) is 0 Å². The van der Waals surface area contributed by atoms with Gasteiger partial charge in [0, 0.05) is 36.4 Å². The van der Waals surface area contributed by atoms with Crippen LogP contribution in [0.3, 0.4) is 0 Å². The van der Waals surface area contributed by atoms with E-state index in [-0.39, 0.29) is 35.3 Å². The van der Waals surface area contributed by atoms with Gasteiger partial charge in [-0.3, -0.25) is 0 Å². The minimum atomic E-state index is 0. The summed E-state index contributed by atoms with van der Waals surface area (Å²) in [6, 6.07) is 0.593. The van der Waals surface area contributed by atoms with Crippen molar-refractivity contribution in [2.24, 2.45) is 79.3 Å². The largest absolute Gasteiger partial charge is 0.379 e. The highest BCUT2D eigenvalue weighted by atomic mass is 16.5. The number of rotatable bonds is 9. The summed E-state index contributed by atoms with van der Waals surface area (Å²) in [6.07, 6.45) is 11.8. The minimum absolute atomic E-state index is 0. The summed E-state index contributed by atoms with van der Waals surface area (Å²) in [6.45, 7) is 123. The fourth-order valence-corrected chi connectivity index (χ4v) is 6.67. The van der Waals surface area contributed by atoms with Gasteiger partial charge in [-0.1, -0.05) is 263 Å². The van der Waals surface area contributed by atoms with E-state index >= 15 is 0 Å². The lowest BCUT2D eigenvalue weighted by atomic mass is 9.69. The lowest BCUT2D eigenvalue weighted by molar-refractivity contribution is -0.0425. The monoisotopic (exact) mass is 1380 g/mol. The van der Waals surface area contributed by atoms with Crippen molar-refractivity contribution in [3.8, 4) is 0 Å². The van der Waals surface area contributed by atoms with Gasteiger partial charge in [0.25, 0.3) is 0 Å². The Labute approximate surface area is 618 Å². The zero-order valence-electron chi connectivity index (χ0n) is 78.5. The van der Waals surface area contributed by atoms with Crippen LogP contribution in [-0.2, 0) is 14.2 Å². The van der Waals surface area contributed by atoms with Crippen LogP contribution in [0, 0.1) is 79.3 Å². The maximum Gasteiger partial charge on any atom is 0.0601 e. The molecule has 2 saturated carbocycles. The van der Waals surface area contributed by atoms with Gasteiger partial charge in [-0.25, -0.2) is 0 Å². The quantitative estimate of drug-likeness (QED) is 0.214. The van der Waals surface area contributed by atoms with Crippen LogP contribution < -0.4 is 16.0 Å². The molecule has 96 heavy (non-hydrogen) atoms. The average molecular weight is 1380 g/mol. The van der Waals surface area contributed by atoms with Crippen molar-refractivity contribution in [1.82, 2.24) is 16.0 Å². The summed E-state index contributed by atoms with van der Waals surface area (Å²) in [5.74, 6) is 5.98. The molecule has 600 valence electrons. The van der Waals surface area contributed by atoms with E-state index in [1.807, 2.05) is 41.7 Å². The molecule has 6 heteroatoms. The third-order valence-electron chi connectivity index (χ3n) is 12.9. The fourth-order valence-electron chi connectivity index (χ4n) is 6.67. The van der Waals surface area contributed by atoms with Gasteiger partial charge in [-0.15, -0.1) is 0 Å². The van der Waals surface area contributed by atoms with Crippen LogP contribution >= 0.6 is 0 Å². The number of nitrogens with one attached hydrogen (secondary N) is 3. The smallest absolute Gasteiger partial charge is 0.0601 e. The zero-order chi connectivity index (χ0) is 80.0. The van der Waals surface area contributed by atoms with E-state index in [1.165, 1.54) is 51.4 Å². The summed E-state index contributed by atoms with van der Waals surface area (Å²) in [4.78, 5) is 0. The summed E-state index contributed by atoms with van der Waals surface area (Å²) in [5.41, 5.74) is 4.70. The van der Waals surface area contributed by atoms with E-state index in [2.05, 4.69) is 362 Å². The van der Waals surface area contributed by atoms with Gasteiger partial charge in [-0.05, 0) is 270 Å². The maximum atomic E-state index is 5.49. The van der Waals surface area contributed by atoms with Crippen LogP contribution in [0.25, 0.3) is 0 Å². The van der Waals surface area contributed by atoms with Crippen molar-refractivity contribution in [3.63, 3.8) is 0 Å². The summed E-state index contributed by atoms with van der Waals surface area (Å²) in [5, 5.41) is 9.91. The molecule has 2 fully saturated rings. The maximum absolute atomic E-state index is 5.49. The molecule has 0 atom stereocenters. The molecule has 0 unspecified atom stereocenters. The van der Waals surface area contributed by atoms with Crippen LogP contribution in [0.5, 0.6) is 0 Å². The molecule has 2 aliphatic carbocycles. The summed E-state index contributed by atoms with van der Waals surface area (Å²) >= 11 is 0. The Kier molecular flexibility index (Phi) is 72.9. The highest BCUT2D eigenvalue weighted by Gasteiger charge is 2.33. The van der Waals surface area contributed by atoms with Crippen molar-refractivity contribution in [2.75, 3.05) is 27.3 Å². The van der Waals surface area contributed by atoms with E-state index in [4.69, 9.17) is 14.2 Å². The molecule has 3 N–H and O–H groups in total. The highest BCUT2D eigenvalue weighted by molar-refractivity contribution is 4.84. The molecule has 2 rings (SSSR count). The fraction of sp³-hybridized carbons (Fsp3) is 1.00. The molecule has 0 aliphatic heterocycles. The van der Waals surface area contributed by atoms with Crippen molar-refractivity contribution < 1.29 is 14.2 Å². The third kappa shape index (κ3) is 187.